The zero-order chi connectivity index (χ0) is 24.3. The summed E-state index contributed by atoms with van der Waals surface area (Å²) in [5.41, 5.74) is 2.46. The molecular formula is C26H26FNO6. The highest BCUT2D eigenvalue weighted by molar-refractivity contribution is 6.12. The number of oxime groups is 1. The first-order valence-corrected chi connectivity index (χ1v) is 10.7. The molecule has 0 aromatic heterocycles. The number of benzene rings is 3. The van der Waals surface area contributed by atoms with Crippen LogP contribution >= 0.6 is 0 Å². The number of rotatable bonds is 12. The first-order valence-electron chi connectivity index (χ1n) is 10.7. The molecule has 0 saturated carbocycles. The molecule has 3 aromatic carbocycles. The molecule has 2 N–H and O–H groups in total. The Bertz CT molecular complexity index is 1080. The van der Waals surface area contributed by atoms with Crippen molar-refractivity contribution in [2.45, 2.75) is 18.9 Å². The minimum atomic E-state index is -0.993. The van der Waals surface area contributed by atoms with Gasteiger partial charge >= 0.3 is 5.97 Å². The van der Waals surface area contributed by atoms with Gasteiger partial charge in [-0.2, -0.15) is 0 Å². The summed E-state index contributed by atoms with van der Waals surface area (Å²) in [6, 6.07) is 20.0. The Morgan fingerprint density at radius 2 is 1.38 bits per heavy atom. The van der Waals surface area contributed by atoms with Crippen molar-refractivity contribution < 1.29 is 33.7 Å². The van der Waals surface area contributed by atoms with E-state index in [1.807, 2.05) is 12.1 Å². The van der Waals surface area contributed by atoms with Gasteiger partial charge in [-0.25, -0.2) is 9.18 Å². The number of aliphatic carboxylic acids is 1. The van der Waals surface area contributed by atoms with Crippen molar-refractivity contribution in [1.82, 2.24) is 0 Å². The van der Waals surface area contributed by atoms with Crippen LogP contribution in [0.5, 0.6) is 11.5 Å². The van der Waals surface area contributed by atoms with Gasteiger partial charge in [-0.15, -0.1) is 0 Å². The van der Waals surface area contributed by atoms with Crippen molar-refractivity contribution in [3.63, 3.8) is 0 Å². The second kappa shape index (κ2) is 12.4. The second-order valence-electron chi connectivity index (χ2n) is 7.44. The molecule has 178 valence electrons. The lowest BCUT2D eigenvalue weighted by atomic mass is 10.0. The maximum absolute atomic E-state index is 13.1. The summed E-state index contributed by atoms with van der Waals surface area (Å²) in [6.07, 6.45) is 0.0741. The average molecular weight is 467 g/mol. The molecule has 0 aliphatic heterocycles. The Hall–Kier alpha value is -3.91. The lowest BCUT2D eigenvalue weighted by molar-refractivity contribution is -0.148. The quantitative estimate of drug-likeness (QED) is 0.176. The van der Waals surface area contributed by atoms with E-state index < -0.39 is 12.1 Å². The van der Waals surface area contributed by atoms with E-state index in [2.05, 4.69) is 5.16 Å². The van der Waals surface area contributed by atoms with Gasteiger partial charge in [0.15, 0.2) is 6.10 Å². The Balaban J connectivity index is 1.42. The van der Waals surface area contributed by atoms with Crippen LogP contribution < -0.4 is 9.47 Å². The van der Waals surface area contributed by atoms with Gasteiger partial charge < -0.3 is 24.5 Å². The average Bonchev–Trinajstić information content (AvgIpc) is 2.85. The van der Waals surface area contributed by atoms with Gasteiger partial charge in [0.1, 0.15) is 23.0 Å². The van der Waals surface area contributed by atoms with Crippen molar-refractivity contribution in [3.8, 4) is 11.5 Å². The fourth-order valence-electron chi connectivity index (χ4n) is 3.25. The SMILES string of the molecule is COC(Cc1ccc(OCCCOc2ccc(C(=NO)c3ccc(F)cc3)cc2)cc1)C(=O)O. The number of carboxylic acid groups (broad SMARTS) is 1. The van der Waals surface area contributed by atoms with E-state index in [4.69, 9.17) is 19.3 Å². The van der Waals surface area contributed by atoms with Gasteiger partial charge in [0.05, 0.1) is 13.2 Å². The Labute approximate surface area is 197 Å². The Morgan fingerprint density at radius 3 is 1.85 bits per heavy atom. The van der Waals surface area contributed by atoms with Crippen LogP contribution in [0, 0.1) is 5.82 Å². The van der Waals surface area contributed by atoms with E-state index in [0.717, 1.165) is 5.56 Å². The van der Waals surface area contributed by atoms with Crippen LogP contribution in [0.4, 0.5) is 4.39 Å². The van der Waals surface area contributed by atoms with E-state index in [9.17, 15) is 14.4 Å². The van der Waals surface area contributed by atoms with Crippen molar-refractivity contribution in [3.05, 3.63) is 95.3 Å². The van der Waals surface area contributed by atoms with Crippen LogP contribution in [0.2, 0.25) is 0 Å². The first-order chi connectivity index (χ1) is 16.5. The predicted molar refractivity (Wildman–Crippen MR) is 124 cm³/mol. The summed E-state index contributed by atoms with van der Waals surface area (Å²) in [4.78, 5) is 11.0. The van der Waals surface area contributed by atoms with Gasteiger partial charge in [0, 0.05) is 31.1 Å². The molecule has 0 fully saturated rings. The van der Waals surface area contributed by atoms with Crippen LogP contribution in [0.1, 0.15) is 23.1 Å². The van der Waals surface area contributed by atoms with Crippen LogP contribution in [-0.4, -0.2) is 48.4 Å². The Morgan fingerprint density at radius 1 is 0.882 bits per heavy atom. The fourth-order valence-corrected chi connectivity index (χ4v) is 3.25. The topological polar surface area (TPSA) is 97.6 Å². The van der Waals surface area contributed by atoms with Crippen molar-refractivity contribution in [2.24, 2.45) is 5.16 Å². The number of halogens is 1. The lowest BCUT2D eigenvalue weighted by Crippen LogP contribution is -2.24. The van der Waals surface area contributed by atoms with Gasteiger partial charge in [0.2, 0.25) is 0 Å². The monoisotopic (exact) mass is 467 g/mol. The molecule has 0 bridgehead atoms. The number of hydrogen-bond donors (Lipinski definition) is 2. The Kier molecular flexibility index (Phi) is 8.99. The van der Waals surface area contributed by atoms with E-state index in [1.165, 1.54) is 19.2 Å². The highest BCUT2D eigenvalue weighted by atomic mass is 19.1. The largest absolute Gasteiger partial charge is 0.493 e. The van der Waals surface area contributed by atoms with Crippen molar-refractivity contribution in [1.29, 1.82) is 0 Å². The van der Waals surface area contributed by atoms with Crippen LogP contribution in [0.3, 0.4) is 0 Å². The van der Waals surface area contributed by atoms with Crippen LogP contribution in [0.25, 0.3) is 0 Å². The summed E-state index contributed by atoms with van der Waals surface area (Å²) in [7, 11) is 1.38. The molecule has 0 radical (unpaired) electrons. The maximum Gasteiger partial charge on any atom is 0.333 e. The third kappa shape index (κ3) is 7.05. The summed E-state index contributed by atoms with van der Waals surface area (Å²) in [5, 5.41) is 21.8. The minimum Gasteiger partial charge on any atom is -0.493 e. The molecule has 7 nitrogen and oxygen atoms in total. The molecule has 0 spiro atoms. The van der Waals surface area contributed by atoms with Crippen molar-refractivity contribution in [2.75, 3.05) is 20.3 Å². The van der Waals surface area contributed by atoms with Crippen LogP contribution in [-0.2, 0) is 16.0 Å². The van der Waals surface area contributed by atoms with E-state index in [0.29, 0.717) is 48.0 Å². The number of methoxy groups -OCH3 is 1. The number of carboxylic acids is 1. The van der Waals surface area contributed by atoms with Crippen molar-refractivity contribution >= 4 is 11.7 Å². The zero-order valence-electron chi connectivity index (χ0n) is 18.7. The smallest absolute Gasteiger partial charge is 0.333 e. The molecular weight excluding hydrogens is 441 g/mol. The number of ether oxygens (including phenoxy) is 3. The first kappa shape index (κ1) is 24.7. The van der Waals surface area contributed by atoms with E-state index in [1.54, 1.807) is 48.5 Å². The molecule has 3 aromatic rings. The molecule has 8 heteroatoms. The summed E-state index contributed by atoms with van der Waals surface area (Å²) >= 11 is 0. The molecule has 0 amide bonds. The van der Waals surface area contributed by atoms with Gasteiger partial charge in [-0.1, -0.05) is 17.3 Å². The summed E-state index contributed by atoms with van der Waals surface area (Å²) in [5.74, 6) is -0.00122. The standard InChI is InChI=1S/C26H26FNO6/c1-32-24(26(29)30)17-18-3-11-22(12-4-18)33-15-2-16-34-23-13-7-20(8-14-23)25(28-31)19-5-9-21(27)10-6-19/h3-14,24,31H,2,15-17H2,1H3,(H,29,30). The molecule has 34 heavy (non-hydrogen) atoms. The van der Waals surface area contributed by atoms with Gasteiger partial charge in [-0.3, -0.25) is 0 Å². The molecule has 1 atom stereocenters. The number of carbonyl (C=O) groups is 1. The van der Waals surface area contributed by atoms with Gasteiger partial charge in [-0.05, 0) is 66.2 Å². The molecule has 1 unspecified atom stereocenters. The fraction of sp³-hybridized carbons (Fsp3) is 0.231. The third-order valence-electron chi connectivity index (χ3n) is 5.08. The second-order valence-corrected chi connectivity index (χ2v) is 7.44. The predicted octanol–water partition coefficient (Wildman–Crippen LogP) is 4.54. The summed E-state index contributed by atoms with van der Waals surface area (Å²) in [6.45, 7) is 0.906. The van der Waals surface area contributed by atoms with Gasteiger partial charge in [0.25, 0.3) is 0 Å². The molecule has 3 rings (SSSR count). The van der Waals surface area contributed by atoms with E-state index >= 15 is 0 Å². The summed E-state index contributed by atoms with van der Waals surface area (Å²) < 4.78 is 29.5. The zero-order valence-corrected chi connectivity index (χ0v) is 18.7. The lowest BCUT2D eigenvalue weighted by Gasteiger charge is -2.11. The number of hydrogen-bond acceptors (Lipinski definition) is 6. The van der Waals surface area contributed by atoms with E-state index in [-0.39, 0.29) is 12.2 Å². The molecule has 0 saturated heterocycles. The highest BCUT2D eigenvalue weighted by Gasteiger charge is 2.16. The number of nitrogens with zero attached hydrogens (tertiary/aromatic N) is 1. The minimum absolute atomic E-state index is 0.286. The molecule has 0 aliphatic carbocycles. The maximum atomic E-state index is 13.1. The molecule has 0 heterocycles. The molecule has 0 aliphatic rings. The third-order valence-corrected chi connectivity index (χ3v) is 5.08. The highest BCUT2D eigenvalue weighted by Crippen LogP contribution is 2.18. The normalized spacial score (nSPS) is 12.2. The van der Waals surface area contributed by atoms with Crippen LogP contribution in [0.15, 0.2) is 78.0 Å².